The van der Waals surface area contributed by atoms with Gasteiger partial charge in [-0.1, -0.05) is 138 Å². The Morgan fingerprint density at radius 2 is 0.846 bits per heavy atom. The third kappa shape index (κ3) is 15.6. The van der Waals surface area contributed by atoms with E-state index in [1.54, 1.807) is 12.1 Å². The molecule has 0 saturated carbocycles. The standard InChI is InChI=1S/C47H56O5/c1-2-3-4-11-17-36-50-45-34-32-42(33-35-45)41-28-30-44(31-29-41)47(49)52-38-19-13-10-8-6-5-7-9-12-18-37-51-46(48)43-26-24-40(25-27-43)23-22-39-20-15-14-16-21-39/h14-16,20-21,24-35H,2-13,17-19,36-38H2,1H3. The van der Waals surface area contributed by atoms with Crippen molar-refractivity contribution in [3.05, 3.63) is 125 Å². The summed E-state index contributed by atoms with van der Waals surface area (Å²) in [6.07, 6.45) is 17.2. The van der Waals surface area contributed by atoms with Crippen LogP contribution >= 0.6 is 0 Å². The highest BCUT2D eigenvalue weighted by atomic mass is 16.5. The Labute approximate surface area is 312 Å². The van der Waals surface area contributed by atoms with E-state index >= 15 is 0 Å². The highest BCUT2D eigenvalue weighted by Gasteiger charge is 2.09. The van der Waals surface area contributed by atoms with E-state index in [1.165, 1.54) is 51.4 Å². The van der Waals surface area contributed by atoms with E-state index in [4.69, 9.17) is 14.2 Å². The predicted molar refractivity (Wildman–Crippen MR) is 212 cm³/mol. The molecule has 0 heterocycles. The molecule has 0 aliphatic heterocycles. The van der Waals surface area contributed by atoms with Crippen LogP contribution in [0.1, 0.15) is 135 Å². The zero-order valence-electron chi connectivity index (χ0n) is 31.1. The summed E-state index contributed by atoms with van der Waals surface area (Å²) in [6, 6.07) is 32.9. The van der Waals surface area contributed by atoms with Gasteiger partial charge in [-0.05, 0) is 91.1 Å². The zero-order chi connectivity index (χ0) is 36.5. The molecule has 274 valence electrons. The molecule has 0 saturated heterocycles. The van der Waals surface area contributed by atoms with Gasteiger partial charge in [-0.3, -0.25) is 0 Å². The lowest BCUT2D eigenvalue weighted by atomic mass is 10.0. The van der Waals surface area contributed by atoms with Crippen LogP contribution in [0, 0.1) is 11.8 Å². The molecular weight excluding hydrogens is 645 g/mol. The number of benzene rings is 4. The Balaban J connectivity index is 0.953. The largest absolute Gasteiger partial charge is 0.494 e. The van der Waals surface area contributed by atoms with Gasteiger partial charge < -0.3 is 14.2 Å². The summed E-state index contributed by atoms with van der Waals surface area (Å²) in [7, 11) is 0. The van der Waals surface area contributed by atoms with Crippen molar-refractivity contribution in [2.75, 3.05) is 19.8 Å². The Bertz CT molecular complexity index is 1630. The average Bonchev–Trinajstić information content (AvgIpc) is 3.19. The van der Waals surface area contributed by atoms with Crippen LogP contribution in [0.3, 0.4) is 0 Å². The molecule has 5 heteroatoms. The normalized spacial score (nSPS) is 10.6. The van der Waals surface area contributed by atoms with Gasteiger partial charge in [0.1, 0.15) is 5.75 Å². The second-order valence-corrected chi connectivity index (χ2v) is 13.4. The Morgan fingerprint density at radius 1 is 0.442 bits per heavy atom. The van der Waals surface area contributed by atoms with Crippen LogP contribution < -0.4 is 4.74 Å². The number of hydrogen-bond donors (Lipinski definition) is 0. The lowest BCUT2D eigenvalue weighted by Crippen LogP contribution is -2.06. The van der Waals surface area contributed by atoms with Crippen LogP contribution in [-0.4, -0.2) is 31.8 Å². The first-order valence-electron chi connectivity index (χ1n) is 19.5. The summed E-state index contributed by atoms with van der Waals surface area (Å²) in [6.45, 7) is 3.90. The number of carbonyl (C=O) groups excluding carboxylic acids is 2. The molecule has 0 aromatic heterocycles. The summed E-state index contributed by atoms with van der Waals surface area (Å²) >= 11 is 0. The van der Waals surface area contributed by atoms with Gasteiger partial charge in [0, 0.05) is 11.1 Å². The number of unbranched alkanes of at least 4 members (excludes halogenated alkanes) is 13. The number of carbonyl (C=O) groups is 2. The number of rotatable bonds is 23. The summed E-state index contributed by atoms with van der Waals surface area (Å²) in [4.78, 5) is 24.9. The molecule has 0 bridgehead atoms. The fourth-order valence-corrected chi connectivity index (χ4v) is 5.91. The van der Waals surface area contributed by atoms with Gasteiger partial charge >= 0.3 is 11.9 Å². The van der Waals surface area contributed by atoms with Crippen molar-refractivity contribution in [1.82, 2.24) is 0 Å². The van der Waals surface area contributed by atoms with Gasteiger partial charge in [-0.2, -0.15) is 0 Å². The molecule has 4 aromatic rings. The van der Waals surface area contributed by atoms with Gasteiger partial charge in [0.05, 0.1) is 30.9 Å². The molecule has 0 unspecified atom stereocenters. The average molecular weight is 701 g/mol. The Morgan fingerprint density at radius 3 is 1.35 bits per heavy atom. The molecule has 0 radical (unpaired) electrons. The summed E-state index contributed by atoms with van der Waals surface area (Å²) < 4.78 is 16.9. The molecule has 4 aromatic carbocycles. The summed E-state index contributed by atoms with van der Waals surface area (Å²) in [5.74, 6) is 6.61. The van der Waals surface area contributed by atoms with E-state index in [1.807, 2.05) is 78.9 Å². The topological polar surface area (TPSA) is 61.8 Å². The van der Waals surface area contributed by atoms with E-state index in [9.17, 15) is 9.59 Å². The zero-order valence-corrected chi connectivity index (χ0v) is 31.1. The summed E-state index contributed by atoms with van der Waals surface area (Å²) in [5, 5.41) is 0. The van der Waals surface area contributed by atoms with Crippen molar-refractivity contribution in [3.63, 3.8) is 0 Å². The summed E-state index contributed by atoms with van der Waals surface area (Å²) in [5.41, 5.74) is 5.13. The lowest BCUT2D eigenvalue weighted by Gasteiger charge is -2.08. The van der Waals surface area contributed by atoms with Crippen molar-refractivity contribution in [3.8, 4) is 28.7 Å². The van der Waals surface area contributed by atoms with Crippen LogP contribution in [0.15, 0.2) is 103 Å². The third-order valence-corrected chi connectivity index (χ3v) is 9.08. The lowest BCUT2D eigenvalue weighted by molar-refractivity contribution is 0.0488. The maximum absolute atomic E-state index is 12.5. The van der Waals surface area contributed by atoms with Gasteiger partial charge in [-0.15, -0.1) is 0 Å². The SMILES string of the molecule is CCCCCCCOc1ccc(-c2ccc(C(=O)OCCCCCCCCCCCCOC(=O)c3ccc(C#Cc4ccccc4)cc3)cc2)cc1. The molecule has 4 rings (SSSR count). The molecule has 0 N–H and O–H groups in total. The number of hydrogen-bond acceptors (Lipinski definition) is 5. The minimum Gasteiger partial charge on any atom is -0.494 e. The minimum absolute atomic E-state index is 0.261. The van der Waals surface area contributed by atoms with Crippen molar-refractivity contribution in [1.29, 1.82) is 0 Å². The molecule has 52 heavy (non-hydrogen) atoms. The fourth-order valence-electron chi connectivity index (χ4n) is 5.91. The molecule has 0 atom stereocenters. The molecule has 0 amide bonds. The van der Waals surface area contributed by atoms with E-state index in [0.29, 0.717) is 24.3 Å². The van der Waals surface area contributed by atoms with Gasteiger partial charge in [0.15, 0.2) is 0 Å². The molecule has 5 nitrogen and oxygen atoms in total. The molecule has 0 aliphatic carbocycles. The second-order valence-electron chi connectivity index (χ2n) is 13.4. The van der Waals surface area contributed by atoms with Gasteiger partial charge in [0.2, 0.25) is 0 Å². The van der Waals surface area contributed by atoms with Gasteiger partial charge in [0.25, 0.3) is 0 Å². The quantitative estimate of drug-likeness (QED) is 0.0438. The van der Waals surface area contributed by atoms with E-state index in [2.05, 4.69) is 30.9 Å². The first-order valence-corrected chi connectivity index (χ1v) is 19.5. The minimum atomic E-state index is -0.279. The first kappa shape index (κ1) is 40.0. The molecule has 0 fully saturated rings. The fraction of sp³-hybridized carbons (Fsp3) is 0.404. The first-order chi connectivity index (χ1) is 25.6. The Kier molecular flexibility index (Phi) is 18.7. The van der Waals surface area contributed by atoms with Crippen LogP contribution in [-0.2, 0) is 9.47 Å². The molecule has 0 spiro atoms. The van der Waals surface area contributed by atoms with Crippen molar-refractivity contribution >= 4 is 11.9 Å². The van der Waals surface area contributed by atoms with Gasteiger partial charge in [-0.25, -0.2) is 9.59 Å². The monoisotopic (exact) mass is 700 g/mol. The molecule has 0 aliphatic rings. The van der Waals surface area contributed by atoms with E-state index < -0.39 is 0 Å². The van der Waals surface area contributed by atoms with Crippen LogP contribution in [0.5, 0.6) is 5.75 Å². The maximum Gasteiger partial charge on any atom is 0.338 e. The highest BCUT2D eigenvalue weighted by Crippen LogP contribution is 2.23. The van der Waals surface area contributed by atoms with Crippen molar-refractivity contribution in [2.45, 2.75) is 103 Å². The van der Waals surface area contributed by atoms with Crippen LogP contribution in [0.2, 0.25) is 0 Å². The number of ether oxygens (including phenoxy) is 3. The maximum atomic E-state index is 12.5. The van der Waals surface area contributed by atoms with Crippen LogP contribution in [0.25, 0.3) is 11.1 Å². The van der Waals surface area contributed by atoms with E-state index in [-0.39, 0.29) is 11.9 Å². The molecular formula is C47H56O5. The number of esters is 2. The smallest absolute Gasteiger partial charge is 0.338 e. The van der Waals surface area contributed by atoms with E-state index in [0.717, 1.165) is 79.6 Å². The second kappa shape index (κ2) is 24.4. The highest BCUT2D eigenvalue weighted by molar-refractivity contribution is 5.90. The van der Waals surface area contributed by atoms with Crippen molar-refractivity contribution < 1.29 is 23.8 Å². The predicted octanol–water partition coefficient (Wildman–Crippen LogP) is 12.0. The van der Waals surface area contributed by atoms with Crippen LogP contribution in [0.4, 0.5) is 0 Å². The Hall–Kier alpha value is -4.82. The van der Waals surface area contributed by atoms with Crippen molar-refractivity contribution in [2.24, 2.45) is 0 Å². The third-order valence-electron chi connectivity index (χ3n) is 9.08.